The standard InChI is InChI=1S/C24H20FN5O2/c1-16-22(15-27-28-23(31)17-7-11-19(26)12-8-17)24(32-21-13-9-18(25)10-14-21)30(29-16)20-5-3-2-4-6-20/h2-15H,26H2,1H3,(H,28,31)/b27-15+. The van der Waals surface area contributed by atoms with E-state index < -0.39 is 0 Å². The maximum absolute atomic E-state index is 13.3. The van der Waals surface area contributed by atoms with Crippen LogP contribution in [0, 0.1) is 12.7 Å². The normalized spacial score (nSPS) is 10.9. The number of nitrogens with zero attached hydrogens (tertiary/aromatic N) is 3. The van der Waals surface area contributed by atoms with Crippen molar-refractivity contribution in [2.45, 2.75) is 6.92 Å². The first-order chi connectivity index (χ1) is 15.5. The number of para-hydroxylation sites is 1. The lowest BCUT2D eigenvalue weighted by molar-refractivity contribution is 0.0955. The SMILES string of the molecule is Cc1nn(-c2ccccc2)c(Oc2ccc(F)cc2)c1/C=N/NC(=O)c1ccc(N)cc1. The van der Waals surface area contributed by atoms with E-state index in [-0.39, 0.29) is 11.7 Å². The van der Waals surface area contributed by atoms with Crippen LogP contribution in [0.4, 0.5) is 10.1 Å². The number of anilines is 1. The van der Waals surface area contributed by atoms with E-state index >= 15 is 0 Å². The molecular weight excluding hydrogens is 409 g/mol. The fourth-order valence-electron chi connectivity index (χ4n) is 2.98. The predicted octanol–water partition coefficient (Wildman–Crippen LogP) is 4.46. The molecule has 160 valence electrons. The molecule has 1 aromatic heterocycles. The van der Waals surface area contributed by atoms with Gasteiger partial charge in [0.2, 0.25) is 5.88 Å². The Kier molecular flexibility index (Phi) is 5.94. The van der Waals surface area contributed by atoms with Crippen LogP contribution in [0.15, 0.2) is 84.0 Å². The van der Waals surface area contributed by atoms with E-state index in [4.69, 9.17) is 10.5 Å². The molecule has 0 aliphatic rings. The van der Waals surface area contributed by atoms with E-state index in [0.717, 1.165) is 5.69 Å². The van der Waals surface area contributed by atoms with Crippen molar-refractivity contribution in [3.05, 3.63) is 102 Å². The highest BCUT2D eigenvalue weighted by Gasteiger charge is 2.18. The molecule has 1 heterocycles. The number of hydrazone groups is 1. The van der Waals surface area contributed by atoms with Gasteiger partial charge in [-0.3, -0.25) is 4.79 Å². The lowest BCUT2D eigenvalue weighted by Crippen LogP contribution is -2.17. The molecule has 3 N–H and O–H groups in total. The number of hydrogen-bond donors (Lipinski definition) is 2. The third kappa shape index (κ3) is 4.65. The molecular formula is C24H20FN5O2. The van der Waals surface area contributed by atoms with Crippen molar-refractivity contribution in [2.75, 3.05) is 5.73 Å². The summed E-state index contributed by atoms with van der Waals surface area (Å²) < 4.78 is 21.0. The number of rotatable bonds is 6. The van der Waals surface area contributed by atoms with Gasteiger partial charge in [0.25, 0.3) is 5.91 Å². The topological polar surface area (TPSA) is 94.5 Å². The van der Waals surface area contributed by atoms with Crippen molar-refractivity contribution in [2.24, 2.45) is 5.10 Å². The summed E-state index contributed by atoms with van der Waals surface area (Å²) in [6.07, 6.45) is 1.47. The molecule has 0 saturated carbocycles. The molecule has 32 heavy (non-hydrogen) atoms. The zero-order valence-electron chi connectivity index (χ0n) is 17.2. The maximum Gasteiger partial charge on any atom is 0.271 e. The number of nitrogen functional groups attached to an aromatic ring is 1. The molecule has 4 aromatic rings. The van der Waals surface area contributed by atoms with Crippen molar-refractivity contribution >= 4 is 17.8 Å². The number of carbonyl (C=O) groups excluding carboxylic acids is 1. The molecule has 8 heteroatoms. The van der Waals surface area contributed by atoms with Gasteiger partial charge in [0.1, 0.15) is 11.6 Å². The summed E-state index contributed by atoms with van der Waals surface area (Å²) in [5.74, 6) is 0.0717. The molecule has 4 rings (SSSR count). The molecule has 0 spiro atoms. The average Bonchev–Trinajstić information content (AvgIpc) is 3.11. The molecule has 0 atom stereocenters. The van der Waals surface area contributed by atoms with Crippen molar-refractivity contribution < 1.29 is 13.9 Å². The lowest BCUT2D eigenvalue weighted by atomic mass is 10.2. The average molecular weight is 429 g/mol. The van der Waals surface area contributed by atoms with Crippen LogP contribution in [0.1, 0.15) is 21.6 Å². The fraction of sp³-hybridized carbons (Fsp3) is 0.0417. The van der Waals surface area contributed by atoms with Gasteiger partial charge in [-0.25, -0.2) is 9.82 Å². The Hall–Kier alpha value is -4.46. The van der Waals surface area contributed by atoms with Gasteiger partial charge in [0.05, 0.1) is 23.2 Å². The zero-order valence-corrected chi connectivity index (χ0v) is 17.2. The molecule has 0 radical (unpaired) electrons. The number of aromatic nitrogens is 2. The number of nitrogens with one attached hydrogen (secondary N) is 1. The fourth-order valence-corrected chi connectivity index (χ4v) is 2.98. The van der Waals surface area contributed by atoms with E-state index in [1.54, 1.807) is 35.9 Å². The summed E-state index contributed by atoms with van der Waals surface area (Å²) in [6, 6.07) is 21.6. The van der Waals surface area contributed by atoms with E-state index in [1.807, 2.05) is 30.3 Å². The minimum Gasteiger partial charge on any atom is -0.438 e. The molecule has 0 fully saturated rings. The Labute approximate surface area is 184 Å². The minimum absolute atomic E-state index is 0.364. The van der Waals surface area contributed by atoms with Gasteiger partial charge in [-0.05, 0) is 67.6 Å². The first kappa shape index (κ1) is 20.8. The Morgan fingerprint density at radius 3 is 2.44 bits per heavy atom. The van der Waals surface area contributed by atoms with Gasteiger partial charge in [0, 0.05) is 11.3 Å². The van der Waals surface area contributed by atoms with Crippen LogP contribution in [0.2, 0.25) is 0 Å². The van der Waals surface area contributed by atoms with E-state index in [9.17, 15) is 9.18 Å². The highest BCUT2D eigenvalue weighted by atomic mass is 19.1. The maximum atomic E-state index is 13.3. The van der Waals surface area contributed by atoms with Crippen molar-refractivity contribution in [3.63, 3.8) is 0 Å². The highest BCUT2D eigenvalue weighted by Crippen LogP contribution is 2.29. The van der Waals surface area contributed by atoms with Crippen molar-refractivity contribution in [1.29, 1.82) is 0 Å². The molecule has 0 aliphatic carbocycles. The van der Waals surface area contributed by atoms with Gasteiger partial charge in [0.15, 0.2) is 0 Å². The van der Waals surface area contributed by atoms with Crippen LogP contribution in [0.3, 0.4) is 0 Å². The van der Waals surface area contributed by atoms with Crippen molar-refractivity contribution in [1.82, 2.24) is 15.2 Å². The lowest BCUT2D eigenvalue weighted by Gasteiger charge is -2.10. The van der Waals surface area contributed by atoms with Gasteiger partial charge in [-0.1, -0.05) is 18.2 Å². The van der Waals surface area contributed by atoms with Gasteiger partial charge >= 0.3 is 0 Å². The number of benzene rings is 3. The van der Waals surface area contributed by atoms with Crippen LogP contribution >= 0.6 is 0 Å². The molecule has 0 unspecified atom stereocenters. The molecule has 1 amide bonds. The van der Waals surface area contributed by atoms with Crippen LogP contribution < -0.4 is 15.9 Å². The second kappa shape index (κ2) is 9.13. The van der Waals surface area contributed by atoms with Gasteiger partial charge in [-0.2, -0.15) is 14.9 Å². The van der Waals surface area contributed by atoms with E-state index in [0.29, 0.717) is 34.1 Å². The number of aryl methyl sites for hydroxylation is 1. The predicted molar refractivity (Wildman–Crippen MR) is 121 cm³/mol. The summed E-state index contributed by atoms with van der Waals surface area (Å²) in [5.41, 5.74) is 11.1. The number of nitrogens with two attached hydrogens (primary N) is 1. The summed E-state index contributed by atoms with van der Waals surface area (Å²) in [6.45, 7) is 1.81. The Balaban J connectivity index is 1.65. The van der Waals surface area contributed by atoms with Crippen LogP contribution in [0.5, 0.6) is 11.6 Å². The Morgan fingerprint density at radius 1 is 1.06 bits per heavy atom. The molecule has 0 aliphatic heterocycles. The summed E-state index contributed by atoms with van der Waals surface area (Å²) in [4.78, 5) is 12.3. The van der Waals surface area contributed by atoms with Gasteiger partial charge in [-0.15, -0.1) is 0 Å². The highest BCUT2D eigenvalue weighted by molar-refractivity contribution is 5.95. The first-order valence-corrected chi connectivity index (χ1v) is 9.78. The van der Waals surface area contributed by atoms with E-state index in [2.05, 4.69) is 15.6 Å². The summed E-state index contributed by atoms with van der Waals surface area (Å²) in [7, 11) is 0. The molecule has 0 bridgehead atoms. The quantitative estimate of drug-likeness (QED) is 0.269. The summed E-state index contributed by atoms with van der Waals surface area (Å²) >= 11 is 0. The van der Waals surface area contributed by atoms with Crippen LogP contribution in [0.25, 0.3) is 5.69 Å². The zero-order chi connectivity index (χ0) is 22.5. The third-order valence-electron chi connectivity index (χ3n) is 4.62. The Bertz CT molecular complexity index is 1250. The number of halogens is 1. The van der Waals surface area contributed by atoms with Crippen LogP contribution in [-0.4, -0.2) is 21.9 Å². The number of ether oxygens (including phenoxy) is 1. The number of amides is 1. The molecule has 7 nitrogen and oxygen atoms in total. The van der Waals surface area contributed by atoms with Crippen molar-refractivity contribution in [3.8, 4) is 17.3 Å². The molecule has 3 aromatic carbocycles. The second-order valence-corrected chi connectivity index (χ2v) is 6.93. The third-order valence-corrected chi connectivity index (χ3v) is 4.62. The first-order valence-electron chi connectivity index (χ1n) is 9.78. The minimum atomic E-state index is -0.379. The number of carbonyl (C=O) groups is 1. The smallest absolute Gasteiger partial charge is 0.271 e. The Morgan fingerprint density at radius 2 is 1.75 bits per heavy atom. The second-order valence-electron chi connectivity index (χ2n) is 6.93. The largest absolute Gasteiger partial charge is 0.438 e. The monoisotopic (exact) mass is 429 g/mol. The van der Waals surface area contributed by atoms with E-state index in [1.165, 1.54) is 30.5 Å². The van der Waals surface area contributed by atoms with Crippen LogP contribution in [-0.2, 0) is 0 Å². The number of hydrogen-bond acceptors (Lipinski definition) is 5. The van der Waals surface area contributed by atoms with Gasteiger partial charge < -0.3 is 10.5 Å². The summed E-state index contributed by atoms with van der Waals surface area (Å²) in [5, 5.41) is 8.64. The molecule has 0 saturated heterocycles.